The minimum atomic E-state index is -0.342. The zero-order chi connectivity index (χ0) is 11.3. The second-order valence-electron chi connectivity index (χ2n) is 3.67. The predicted molar refractivity (Wildman–Crippen MR) is 64.7 cm³/mol. The largest absolute Gasteiger partial charge is 0.389 e. The molecule has 0 aliphatic rings. The van der Waals surface area contributed by atoms with Gasteiger partial charge in [-0.05, 0) is 37.6 Å². The first-order valence-corrected chi connectivity index (χ1v) is 5.35. The Morgan fingerprint density at radius 3 is 2.93 bits per heavy atom. The van der Waals surface area contributed by atoms with Crippen LogP contribution in [0.3, 0.4) is 0 Å². The average molecular weight is 205 g/mol. The van der Waals surface area contributed by atoms with Crippen molar-refractivity contribution in [2.75, 3.05) is 0 Å². The molecule has 1 atom stereocenters. The SMILES string of the molecule is CC=c1cc[nH]c1=CC(C)=CC(O)CC. The van der Waals surface area contributed by atoms with Crippen LogP contribution in [-0.2, 0) is 0 Å². The van der Waals surface area contributed by atoms with Crippen molar-refractivity contribution in [3.63, 3.8) is 0 Å². The van der Waals surface area contributed by atoms with E-state index in [1.165, 1.54) is 5.22 Å². The lowest BCUT2D eigenvalue weighted by molar-refractivity contribution is 0.218. The predicted octanol–water partition coefficient (Wildman–Crippen LogP) is 1.31. The van der Waals surface area contributed by atoms with Crippen molar-refractivity contribution in [1.29, 1.82) is 0 Å². The molecule has 0 aromatic carbocycles. The highest BCUT2D eigenvalue weighted by Crippen LogP contribution is 1.99. The number of aliphatic hydroxyl groups excluding tert-OH is 1. The quantitative estimate of drug-likeness (QED) is 0.767. The van der Waals surface area contributed by atoms with E-state index in [1.807, 2.05) is 45.2 Å². The van der Waals surface area contributed by atoms with Gasteiger partial charge in [0.25, 0.3) is 0 Å². The first-order valence-electron chi connectivity index (χ1n) is 5.35. The molecule has 1 aromatic rings. The third-order valence-electron chi connectivity index (χ3n) is 2.37. The summed E-state index contributed by atoms with van der Waals surface area (Å²) in [6, 6.07) is 2.04. The van der Waals surface area contributed by atoms with Gasteiger partial charge >= 0.3 is 0 Å². The van der Waals surface area contributed by atoms with Crippen LogP contribution in [0.1, 0.15) is 27.2 Å². The number of rotatable bonds is 3. The van der Waals surface area contributed by atoms with E-state index < -0.39 is 0 Å². The van der Waals surface area contributed by atoms with Crippen LogP contribution in [0.5, 0.6) is 0 Å². The standard InChI is InChI=1S/C13H19NO/c1-4-11-6-7-14-13(11)9-10(3)8-12(15)5-2/h4,6-9,12,14-15H,5H2,1-3H3. The summed E-state index contributed by atoms with van der Waals surface area (Å²) >= 11 is 0. The lowest BCUT2D eigenvalue weighted by Crippen LogP contribution is -2.21. The Kier molecular flexibility index (Phi) is 4.37. The monoisotopic (exact) mass is 205 g/mol. The van der Waals surface area contributed by atoms with Crippen LogP contribution in [0.4, 0.5) is 0 Å². The van der Waals surface area contributed by atoms with E-state index >= 15 is 0 Å². The number of aromatic nitrogens is 1. The molecule has 2 nitrogen and oxygen atoms in total. The number of hydrogen-bond acceptors (Lipinski definition) is 1. The minimum absolute atomic E-state index is 0.342. The maximum Gasteiger partial charge on any atom is 0.0723 e. The lowest BCUT2D eigenvalue weighted by atomic mass is 10.1. The molecule has 0 aliphatic heterocycles. The minimum Gasteiger partial charge on any atom is -0.389 e. The molecule has 1 heterocycles. The molecule has 1 unspecified atom stereocenters. The van der Waals surface area contributed by atoms with E-state index in [4.69, 9.17) is 0 Å². The van der Waals surface area contributed by atoms with Gasteiger partial charge in [-0.1, -0.05) is 24.6 Å². The number of aromatic amines is 1. The molecule has 1 aromatic heterocycles. The van der Waals surface area contributed by atoms with Crippen molar-refractivity contribution in [2.24, 2.45) is 0 Å². The molecule has 0 bridgehead atoms. The summed E-state index contributed by atoms with van der Waals surface area (Å²) in [6.45, 7) is 5.98. The highest BCUT2D eigenvalue weighted by molar-refractivity contribution is 5.45. The van der Waals surface area contributed by atoms with Crippen molar-refractivity contribution in [3.05, 3.63) is 34.5 Å². The van der Waals surface area contributed by atoms with Gasteiger partial charge in [-0.3, -0.25) is 0 Å². The van der Waals surface area contributed by atoms with Crippen LogP contribution in [0.2, 0.25) is 0 Å². The number of aliphatic hydroxyl groups is 1. The van der Waals surface area contributed by atoms with E-state index in [9.17, 15) is 5.11 Å². The van der Waals surface area contributed by atoms with Gasteiger partial charge in [-0.25, -0.2) is 0 Å². The summed E-state index contributed by atoms with van der Waals surface area (Å²) in [5.74, 6) is 0. The number of nitrogens with one attached hydrogen (secondary N) is 1. The average Bonchev–Trinajstić information content (AvgIpc) is 2.64. The molecule has 0 spiro atoms. The summed E-state index contributed by atoms with van der Waals surface area (Å²) in [5.41, 5.74) is 1.08. The van der Waals surface area contributed by atoms with Crippen LogP contribution >= 0.6 is 0 Å². The Hall–Kier alpha value is -1.28. The smallest absolute Gasteiger partial charge is 0.0723 e. The summed E-state index contributed by atoms with van der Waals surface area (Å²) in [6.07, 6.45) is 8.32. The van der Waals surface area contributed by atoms with Crippen LogP contribution in [0, 0.1) is 0 Å². The van der Waals surface area contributed by atoms with Crippen molar-refractivity contribution in [1.82, 2.24) is 4.98 Å². The molecule has 1 rings (SSSR count). The van der Waals surface area contributed by atoms with Gasteiger partial charge < -0.3 is 10.1 Å². The molecule has 15 heavy (non-hydrogen) atoms. The Labute approximate surface area is 90.7 Å². The van der Waals surface area contributed by atoms with Crippen molar-refractivity contribution < 1.29 is 5.11 Å². The molecule has 82 valence electrons. The molecule has 0 radical (unpaired) electrons. The first-order chi connectivity index (χ1) is 7.17. The lowest BCUT2D eigenvalue weighted by Gasteiger charge is -2.00. The van der Waals surface area contributed by atoms with E-state index in [0.29, 0.717) is 0 Å². The third kappa shape index (κ3) is 3.40. The summed E-state index contributed by atoms with van der Waals surface area (Å²) < 4.78 is 0. The van der Waals surface area contributed by atoms with Crippen LogP contribution in [0.15, 0.2) is 23.9 Å². The van der Waals surface area contributed by atoms with Crippen molar-refractivity contribution >= 4 is 12.2 Å². The fourth-order valence-electron chi connectivity index (χ4n) is 1.47. The van der Waals surface area contributed by atoms with Crippen LogP contribution < -0.4 is 10.6 Å². The molecular formula is C13H19NO. The highest BCUT2D eigenvalue weighted by Gasteiger charge is 1.94. The summed E-state index contributed by atoms with van der Waals surface area (Å²) in [7, 11) is 0. The number of allylic oxidation sites excluding steroid dienone is 1. The Morgan fingerprint density at radius 1 is 1.60 bits per heavy atom. The molecule has 0 amide bonds. The fraction of sp³-hybridized carbons (Fsp3) is 0.385. The van der Waals surface area contributed by atoms with E-state index in [2.05, 4.69) is 11.1 Å². The summed E-state index contributed by atoms with van der Waals surface area (Å²) in [5, 5.41) is 11.7. The topological polar surface area (TPSA) is 36.0 Å². The van der Waals surface area contributed by atoms with Gasteiger partial charge in [0.05, 0.1) is 6.10 Å². The van der Waals surface area contributed by atoms with Crippen molar-refractivity contribution in [3.8, 4) is 0 Å². The third-order valence-corrected chi connectivity index (χ3v) is 2.37. The molecule has 0 saturated carbocycles. The van der Waals surface area contributed by atoms with Crippen LogP contribution in [0.25, 0.3) is 12.2 Å². The zero-order valence-corrected chi connectivity index (χ0v) is 9.62. The van der Waals surface area contributed by atoms with Gasteiger partial charge in [0, 0.05) is 11.5 Å². The van der Waals surface area contributed by atoms with Crippen LogP contribution in [-0.4, -0.2) is 16.2 Å². The summed E-state index contributed by atoms with van der Waals surface area (Å²) in [4.78, 5) is 3.17. The fourth-order valence-corrected chi connectivity index (χ4v) is 1.47. The van der Waals surface area contributed by atoms with Gasteiger partial charge in [0.2, 0.25) is 0 Å². The highest BCUT2D eigenvalue weighted by atomic mass is 16.3. The molecule has 2 N–H and O–H groups in total. The Bertz CT molecular complexity index is 439. The zero-order valence-electron chi connectivity index (χ0n) is 9.62. The van der Waals surface area contributed by atoms with Gasteiger partial charge in [-0.15, -0.1) is 0 Å². The van der Waals surface area contributed by atoms with Crippen molar-refractivity contribution in [2.45, 2.75) is 33.3 Å². The normalized spacial score (nSPS) is 17.2. The van der Waals surface area contributed by atoms with Gasteiger partial charge in [-0.2, -0.15) is 0 Å². The Morgan fingerprint density at radius 2 is 2.33 bits per heavy atom. The van der Waals surface area contributed by atoms with E-state index in [-0.39, 0.29) is 6.10 Å². The molecular weight excluding hydrogens is 186 g/mol. The second kappa shape index (κ2) is 5.56. The van der Waals surface area contributed by atoms with E-state index in [0.717, 1.165) is 17.3 Å². The first kappa shape index (κ1) is 11.8. The van der Waals surface area contributed by atoms with Gasteiger partial charge in [0.15, 0.2) is 0 Å². The van der Waals surface area contributed by atoms with E-state index in [1.54, 1.807) is 0 Å². The maximum atomic E-state index is 9.47. The van der Waals surface area contributed by atoms with Gasteiger partial charge in [0.1, 0.15) is 0 Å². The maximum absolute atomic E-state index is 9.47. The number of H-pyrrole nitrogens is 1. The second-order valence-corrected chi connectivity index (χ2v) is 3.67. The number of hydrogen-bond donors (Lipinski definition) is 2. The molecule has 2 heteroatoms. The Balaban J connectivity index is 3.03. The molecule has 0 fully saturated rings. The molecule has 0 saturated heterocycles. The molecule has 0 aliphatic carbocycles.